The van der Waals surface area contributed by atoms with Gasteiger partial charge in [-0.2, -0.15) is 0 Å². The average molecular weight is 456 g/mol. The third-order valence-electron chi connectivity index (χ3n) is 3.28. The molecule has 1 amide bonds. The smallest absolute Gasteiger partial charge is 0.262 e. The zero-order valence-corrected chi connectivity index (χ0v) is 16.3. The highest BCUT2D eigenvalue weighted by molar-refractivity contribution is 9.10. The molecule has 0 saturated carbocycles. The molecule has 0 saturated heterocycles. The molecule has 3 aromatic rings. The number of hydrogen-bond acceptors (Lipinski definition) is 4. The van der Waals surface area contributed by atoms with Gasteiger partial charge in [0.1, 0.15) is 11.5 Å². The highest BCUT2D eigenvalue weighted by Crippen LogP contribution is 2.30. The number of nitrogens with zero attached hydrogens (tertiary/aromatic N) is 1. The Morgan fingerprint density at radius 3 is 2.48 bits per heavy atom. The summed E-state index contributed by atoms with van der Waals surface area (Å²) in [5, 5.41) is 5.30. The first-order valence-corrected chi connectivity index (χ1v) is 9.20. The van der Waals surface area contributed by atoms with Crippen LogP contribution in [0.3, 0.4) is 0 Å². The van der Waals surface area contributed by atoms with Gasteiger partial charge in [0, 0.05) is 15.4 Å². The van der Waals surface area contributed by atoms with E-state index in [1.165, 1.54) is 11.3 Å². The molecule has 0 bridgehead atoms. The zero-order valence-electron chi connectivity index (χ0n) is 12.3. The van der Waals surface area contributed by atoms with E-state index in [-0.39, 0.29) is 5.91 Å². The van der Waals surface area contributed by atoms with Crippen molar-refractivity contribution in [2.45, 2.75) is 13.8 Å². The molecule has 1 aromatic carbocycles. The molecule has 2 aromatic heterocycles. The van der Waals surface area contributed by atoms with Crippen LogP contribution < -0.4 is 5.32 Å². The lowest BCUT2D eigenvalue weighted by Crippen LogP contribution is -2.12. The molecule has 7 heteroatoms. The van der Waals surface area contributed by atoms with E-state index in [1.54, 1.807) is 6.92 Å². The molecule has 2 heterocycles. The monoisotopic (exact) mass is 454 g/mol. The average Bonchev–Trinajstić information content (AvgIpc) is 3.05. The molecule has 0 spiro atoms. The van der Waals surface area contributed by atoms with Crippen LogP contribution in [0.1, 0.15) is 21.9 Å². The lowest BCUT2D eigenvalue weighted by molar-refractivity contribution is 0.102. The normalized spacial score (nSPS) is 10.8. The lowest BCUT2D eigenvalue weighted by Gasteiger charge is -2.01. The number of amides is 1. The molecule has 0 aliphatic heterocycles. The summed E-state index contributed by atoms with van der Waals surface area (Å²) in [5.41, 5.74) is 2.33. The molecule has 0 atom stereocenters. The number of carbonyl (C=O) groups excluding carboxylic acids is 1. The molecule has 0 fully saturated rings. The van der Waals surface area contributed by atoms with E-state index in [2.05, 4.69) is 42.2 Å². The molecule has 23 heavy (non-hydrogen) atoms. The van der Waals surface area contributed by atoms with Crippen LogP contribution in [0.25, 0.3) is 11.3 Å². The van der Waals surface area contributed by atoms with E-state index in [0.717, 1.165) is 15.7 Å². The molecule has 0 radical (unpaired) electrons. The molecule has 1 N–H and O–H groups in total. The van der Waals surface area contributed by atoms with Gasteiger partial charge in [0.05, 0.1) is 15.7 Å². The number of aromatic nitrogens is 1. The topological polar surface area (TPSA) is 55.1 Å². The summed E-state index contributed by atoms with van der Waals surface area (Å²) < 4.78 is 7.15. The van der Waals surface area contributed by atoms with Crippen molar-refractivity contribution in [3.8, 4) is 11.3 Å². The van der Waals surface area contributed by atoms with Crippen molar-refractivity contribution < 1.29 is 9.21 Å². The SMILES string of the molecule is Cc1oc(C)c(C(=O)Nc2nc(-c3ccc(Br)cc3)cs2)c1Br. The second kappa shape index (κ2) is 6.59. The lowest BCUT2D eigenvalue weighted by atomic mass is 10.2. The Morgan fingerprint density at radius 1 is 1.17 bits per heavy atom. The third-order valence-corrected chi connectivity index (χ3v) is 5.52. The highest BCUT2D eigenvalue weighted by atomic mass is 79.9. The molecule has 118 valence electrons. The molecule has 0 aliphatic carbocycles. The Kier molecular flexibility index (Phi) is 4.70. The van der Waals surface area contributed by atoms with Crippen molar-refractivity contribution >= 4 is 54.2 Å². The van der Waals surface area contributed by atoms with Crippen LogP contribution in [-0.4, -0.2) is 10.9 Å². The van der Waals surface area contributed by atoms with Gasteiger partial charge < -0.3 is 4.42 Å². The largest absolute Gasteiger partial charge is 0.465 e. The number of anilines is 1. The van der Waals surface area contributed by atoms with Crippen molar-refractivity contribution in [3.63, 3.8) is 0 Å². The van der Waals surface area contributed by atoms with Crippen LogP contribution in [0.4, 0.5) is 5.13 Å². The number of furan rings is 1. The Labute approximate surface area is 154 Å². The predicted molar refractivity (Wildman–Crippen MR) is 99.1 cm³/mol. The fourth-order valence-electron chi connectivity index (χ4n) is 2.16. The van der Waals surface area contributed by atoms with Gasteiger partial charge in [-0.25, -0.2) is 4.98 Å². The molecule has 0 aliphatic rings. The summed E-state index contributed by atoms with van der Waals surface area (Å²) in [6.07, 6.45) is 0. The first-order chi connectivity index (χ1) is 11.0. The highest BCUT2D eigenvalue weighted by Gasteiger charge is 2.20. The summed E-state index contributed by atoms with van der Waals surface area (Å²) in [6, 6.07) is 7.87. The maximum atomic E-state index is 12.4. The van der Waals surface area contributed by atoms with Crippen LogP contribution in [0.2, 0.25) is 0 Å². The quantitative estimate of drug-likeness (QED) is 0.543. The minimum Gasteiger partial charge on any atom is -0.465 e. The number of benzene rings is 1. The van der Waals surface area contributed by atoms with Gasteiger partial charge in [-0.05, 0) is 41.9 Å². The number of hydrogen-bond donors (Lipinski definition) is 1. The van der Waals surface area contributed by atoms with Gasteiger partial charge >= 0.3 is 0 Å². The van der Waals surface area contributed by atoms with Crippen LogP contribution in [0.5, 0.6) is 0 Å². The summed E-state index contributed by atoms with van der Waals surface area (Å²) in [4.78, 5) is 16.9. The summed E-state index contributed by atoms with van der Waals surface area (Å²) in [5.74, 6) is 1.03. The van der Waals surface area contributed by atoms with E-state index in [0.29, 0.717) is 26.7 Å². The van der Waals surface area contributed by atoms with Gasteiger partial charge in [-0.1, -0.05) is 28.1 Å². The number of thiazole rings is 1. The van der Waals surface area contributed by atoms with Crippen LogP contribution in [-0.2, 0) is 0 Å². The first kappa shape index (κ1) is 16.4. The molecular formula is C16H12Br2N2O2S. The van der Waals surface area contributed by atoms with E-state index in [4.69, 9.17) is 4.42 Å². The van der Waals surface area contributed by atoms with E-state index in [9.17, 15) is 4.79 Å². The Bertz CT molecular complexity index is 869. The van der Waals surface area contributed by atoms with Crippen molar-refractivity contribution in [2.24, 2.45) is 0 Å². The van der Waals surface area contributed by atoms with Crippen molar-refractivity contribution in [1.82, 2.24) is 4.98 Å². The van der Waals surface area contributed by atoms with Gasteiger partial charge in [-0.3, -0.25) is 10.1 Å². The number of aryl methyl sites for hydroxylation is 2. The number of halogens is 2. The van der Waals surface area contributed by atoms with Crippen LogP contribution in [0.15, 0.2) is 43.0 Å². The fraction of sp³-hybridized carbons (Fsp3) is 0.125. The van der Waals surface area contributed by atoms with Crippen LogP contribution in [0, 0.1) is 13.8 Å². The maximum Gasteiger partial charge on any atom is 0.262 e. The zero-order chi connectivity index (χ0) is 16.6. The summed E-state index contributed by atoms with van der Waals surface area (Å²) >= 11 is 8.19. The number of rotatable bonds is 3. The Morgan fingerprint density at radius 2 is 1.87 bits per heavy atom. The van der Waals surface area contributed by atoms with Gasteiger partial charge in [-0.15, -0.1) is 11.3 Å². The summed E-state index contributed by atoms with van der Waals surface area (Å²) in [7, 11) is 0. The van der Waals surface area contributed by atoms with Crippen LogP contribution >= 0.6 is 43.2 Å². The van der Waals surface area contributed by atoms with E-state index in [1.807, 2.05) is 36.6 Å². The minimum atomic E-state index is -0.233. The second-order valence-electron chi connectivity index (χ2n) is 4.90. The predicted octanol–water partition coefficient (Wildman–Crippen LogP) is 5.80. The first-order valence-electron chi connectivity index (χ1n) is 6.74. The Hall–Kier alpha value is -1.44. The maximum absolute atomic E-state index is 12.4. The third kappa shape index (κ3) is 3.41. The fourth-order valence-corrected chi connectivity index (χ4v) is 3.68. The van der Waals surface area contributed by atoms with Crippen molar-refractivity contribution in [3.05, 3.63) is 55.7 Å². The van der Waals surface area contributed by atoms with Gasteiger partial charge in [0.25, 0.3) is 5.91 Å². The minimum absolute atomic E-state index is 0.233. The van der Waals surface area contributed by atoms with Crippen molar-refractivity contribution in [2.75, 3.05) is 5.32 Å². The summed E-state index contributed by atoms with van der Waals surface area (Å²) in [6.45, 7) is 3.57. The van der Waals surface area contributed by atoms with Gasteiger partial charge in [0.2, 0.25) is 0 Å². The van der Waals surface area contributed by atoms with E-state index < -0.39 is 0 Å². The standard InChI is InChI=1S/C16H12Br2N2O2S/c1-8-13(14(18)9(2)22-8)15(21)20-16-19-12(7-23-16)10-3-5-11(17)6-4-10/h3-7H,1-2H3,(H,19,20,21). The Balaban J connectivity index is 1.81. The molecular weight excluding hydrogens is 444 g/mol. The molecule has 0 unspecified atom stereocenters. The van der Waals surface area contributed by atoms with Crippen molar-refractivity contribution in [1.29, 1.82) is 0 Å². The number of nitrogens with one attached hydrogen (secondary N) is 1. The second-order valence-corrected chi connectivity index (χ2v) is 7.47. The van der Waals surface area contributed by atoms with E-state index >= 15 is 0 Å². The molecule has 4 nitrogen and oxygen atoms in total. The van der Waals surface area contributed by atoms with Gasteiger partial charge in [0.15, 0.2) is 5.13 Å². The number of carbonyl (C=O) groups is 1. The molecule has 3 rings (SSSR count).